The lowest BCUT2D eigenvalue weighted by molar-refractivity contribution is -0.136. The molecule has 1 atom stereocenters. The average molecular weight is 333 g/mol. The van der Waals surface area contributed by atoms with Crippen molar-refractivity contribution in [2.24, 2.45) is 5.41 Å². The lowest BCUT2D eigenvalue weighted by Crippen LogP contribution is -2.48. The van der Waals surface area contributed by atoms with Crippen LogP contribution in [0.3, 0.4) is 0 Å². The SMILES string of the molecule is COc1cc(N2CCCC3(CCN(CCN(C)C)C3=O)C2)ncn1. The number of carbonyl (C=O) groups excluding carboxylic acids is 1. The third kappa shape index (κ3) is 3.31. The quantitative estimate of drug-likeness (QED) is 0.797. The maximum absolute atomic E-state index is 13.0. The van der Waals surface area contributed by atoms with Crippen LogP contribution in [0.15, 0.2) is 12.4 Å². The number of carbonyl (C=O) groups is 1. The van der Waals surface area contributed by atoms with E-state index in [2.05, 4.69) is 19.8 Å². The summed E-state index contributed by atoms with van der Waals surface area (Å²) in [5, 5.41) is 0. The second-order valence-corrected chi connectivity index (χ2v) is 7.07. The molecule has 0 aliphatic carbocycles. The lowest BCUT2D eigenvalue weighted by Gasteiger charge is -2.39. The van der Waals surface area contributed by atoms with Crippen LogP contribution in [0.2, 0.25) is 0 Å². The van der Waals surface area contributed by atoms with Gasteiger partial charge in [0, 0.05) is 38.8 Å². The number of methoxy groups -OCH3 is 1. The summed E-state index contributed by atoms with van der Waals surface area (Å²) in [4.78, 5) is 27.8. The molecule has 132 valence electrons. The molecular formula is C17H27N5O2. The van der Waals surface area contributed by atoms with Crippen molar-refractivity contribution < 1.29 is 9.53 Å². The van der Waals surface area contributed by atoms with Gasteiger partial charge in [-0.2, -0.15) is 0 Å². The van der Waals surface area contributed by atoms with E-state index in [4.69, 9.17) is 4.74 Å². The van der Waals surface area contributed by atoms with Gasteiger partial charge < -0.3 is 19.4 Å². The maximum atomic E-state index is 13.0. The first-order valence-electron chi connectivity index (χ1n) is 8.59. The van der Waals surface area contributed by atoms with Gasteiger partial charge in [-0.15, -0.1) is 0 Å². The highest BCUT2D eigenvalue weighted by Gasteiger charge is 2.48. The molecule has 1 spiro atoms. The van der Waals surface area contributed by atoms with Gasteiger partial charge in [-0.3, -0.25) is 4.79 Å². The second-order valence-electron chi connectivity index (χ2n) is 7.07. The molecule has 2 aliphatic rings. The van der Waals surface area contributed by atoms with Crippen molar-refractivity contribution in [3.05, 3.63) is 12.4 Å². The van der Waals surface area contributed by atoms with E-state index in [-0.39, 0.29) is 5.41 Å². The van der Waals surface area contributed by atoms with Crippen LogP contribution in [-0.4, -0.2) is 79.6 Å². The minimum Gasteiger partial charge on any atom is -0.481 e. The number of piperidine rings is 1. The van der Waals surface area contributed by atoms with Gasteiger partial charge in [0.1, 0.15) is 12.1 Å². The van der Waals surface area contributed by atoms with Gasteiger partial charge in [0.05, 0.1) is 12.5 Å². The molecule has 1 aromatic rings. The number of nitrogens with zero attached hydrogens (tertiary/aromatic N) is 5. The number of aromatic nitrogens is 2. The molecule has 3 heterocycles. The molecule has 0 saturated carbocycles. The lowest BCUT2D eigenvalue weighted by atomic mass is 9.78. The van der Waals surface area contributed by atoms with Gasteiger partial charge in [-0.05, 0) is 33.4 Å². The minimum atomic E-state index is -0.247. The molecule has 2 aliphatic heterocycles. The summed E-state index contributed by atoms with van der Waals surface area (Å²) in [6.07, 6.45) is 4.45. The highest BCUT2D eigenvalue weighted by atomic mass is 16.5. The third-order valence-electron chi connectivity index (χ3n) is 5.16. The Morgan fingerprint density at radius 3 is 2.88 bits per heavy atom. The highest BCUT2D eigenvalue weighted by Crippen LogP contribution is 2.41. The van der Waals surface area contributed by atoms with Gasteiger partial charge >= 0.3 is 0 Å². The molecule has 0 aromatic carbocycles. The summed E-state index contributed by atoms with van der Waals surface area (Å²) in [6, 6.07) is 1.85. The molecule has 24 heavy (non-hydrogen) atoms. The predicted molar refractivity (Wildman–Crippen MR) is 92.2 cm³/mol. The van der Waals surface area contributed by atoms with E-state index in [0.717, 1.165) is 57.8 Å². The standard InChI is InChI=1S/C17H27N5O2/c1-20(2)9-10-21-8-6-17(16(21)23)5-4-7-22(12-17)14-11-15(24-3)19-13-18-14/h11,13H,4-10,12H2,1-3H3. The zero-order valence-electron chi connectivity index (χ0n) is 14.9. The number of likely N-dealkylation sites (tertiary alicyclic amines) is 1. The first-order valence-corrected chi connectivity index (χ1v) is 8.59. The number of hydrogen-bond donors (Lipinski definition) is 0. The predicted octanol–water partition coefficient (Wildman–Crippen LogP) is 0.866. The number of rotatable bonds is 5. The molecule has 2 saturated heterocycles. The molecule has 1 unspecified atom stereocenters. The van der Waals surface area contributed by atoms with Gasteiger partial charge in [0.2, 0.25) is 11.8 Å². The van der Waals surface area contributed by atoms with Crippen molar-refractivity contribution in [1.82, 2.24) is 19.8 Å². The number of likely N-dealkylation sites (N-methyl/N-ethyl adjacent to an activating group) is 1. The van der Waals surface area contributed by atoms with E-state index in [0.29, 0.717) is 11.8 Å². The van der Waals surface area contributed by atoms with E-state index >= 15 is 0 Å². The topological polar surface area (TPSA) is 61.8 Å². The summed E-state index contributed by atoms with van der Waals surface area (Å²) in [6.45, 7) is 4.26. The van der Waals surface area contributed by atoms with Crippen molar-refractivity contribution >= 4 is 11.7 Å². The number of anilines is 1. The van der Waals surface area contributed by atoms with Crippen LogP contribution in [0.4, 0.5) is 5.82 Å². The largest absolute Gasteiger partial charge is 0.481 e. The zero-order chi connectivity index (χ0) is 17.2. The molecule has 1 amide bonds. The number of ether oxygens (including phenoxy) is 1. The summed E-state index contributed by atoms with van der Waals surface area (Å²) in [5.41, 5.74) is -0.247. The molecule has 0 N–H and O–H groups in total. The Balaban J connectivity index is 1.72. The number of amides is 1. The van der Waals surface area contributed by atoms with E-state index in [1.807, 2.05) is 25.1 Å². The molecule has 1 aromatic heterocycles. The molecular weight excluding hydrogens is 306 g/mol. The normalized spacial score (nSPS) is 24.2. The van der Waals surface area contributed by atoms with Crippen LogP contribution in [0.1, 0.15) is 19.3 Å². The van der Waals surface area contributed by atoms with E-state index in [1.165, 1.54) is 6.33 Å². The Labute approximate surface area is 143 Å². The monoisotopic (exact) mass is 333 g/mol. The molecule has 7 nitrogen and oxygen atoms in total. The summed E-state index contributed by atoms with van der Waals surface area (Å²) in [7, 11) is 5.69. The highest BCUT2D eigenvalue weighted by molar-refractivity contribution is 5.85. The first-order chi connectivity index (χ1) is 11.5. The Morgan fingerprint density at radius 2 is 2.12 bits per heavy atom. The zero-order valence-corrected chi connectivity index (χ0v) is 14.9. The van der Waals surface area contributed by atoms with Crippen LogP contribution < -0.4 is 9.64 Å². The Morgan fingerprint density at radius 1 is 1.29 bits per heavy atom. The van der Waals surface area contributed by atoms with E-state index < -0.39 is 0 Å². The van der Waals surface area contributed by atoms with Crippen LogP contribution in [0.5, 0.6) is 5.88 Å². The first kappa shape index (κ1) is 17.0. The molecule has 0 bridgehead atoms. The van der Waals surface area contributed by atoms with Crippen molar-refractivity contribution in [2.75, 3.05) is 58.8 Å². The Hall–Kier alpha value is -1.89. The van der Waals surface area contributed by atoms with Crippen LogP contribution >= 0.6 is 0 Å². The molecule has 7 heteroatoms. The van der Waals surface area contributed by atoms with Crippen molar-refractivity contribution in [3.8, 4) is 5.88 Å². The van der Waals surface area contributed by atoms with Crippen molar-refractivity contribution in [3.63, 3.8) is 0 Å². The van der Waals surface area contributed by atoms with Gasteiger partial charge in [-0.1, -0.05) is 0 Å². The van der Waals surface area contributed by atoms with E-state index in [9.17, 15) is 4.79 Å². The van der Waals surface area contributed by atoms with Crippen LogP contribution in [0, 0.1) is 5.41 Å². The minimum absolute atomic E-state index is 0.247. The van der Waals surface area contributed by atoms with Crippen molar-refractivity contribution in [2.45, 2.75) is 19.3 Å². The smallest absolute Gasteiger partial charge is 0.230 e. The molecule has 0 radical (unpaired) electrons. The van der Waals surface area contributed by atoms with E-state index in [1.54, 1.807) is 7.11 Å². The summed E-state index contributed by atoms with van der Waals surface area (Å²) >= 11 is 0. The second kappa shape index (κ2) is 6.93. The van der Waals surface area contributed by atoms with Gasteiger partial charge in [-0.25, -0.2) is 9.97 Å². The fourth-order valence-electron chi connectivity index (χ4n) is 3.75. The third-order valence-corrected chi connectivity index (χ3v) is 5.16. The molecule has 3 rings (SSSR count). The molecule has 2 fully saturated rings. The van der Waals surface area contributed by atoms with Crippen LogP contribution in [0.25, 0.3) is 0 Å². The fourth-order valence-corrected chi connectivity index (χ4v) is 3.75. The Kier molecular flexibility index (Phi) is 4.89. The number of hydrogen-bond acceptors (Lipinski definition) is 6. The van der Waals surface area contributed by atoms with Crippen LogP contribution in [-0.2, 0) is 4.79 Å². The van der Waals surface area contributed by atoms with Crippen molar-refractivity contribution in [1.29, 1.82) is 0 Å². The average Bonchev–Trinajstić information content (AvgIpc) is 2.89. The van der Waals surface area contributed by atoms with Gasteiger partial charge in [0.25, 0.3) is 0 Å². The summed E-state index contributed by atoms with van der Waals surface area (Å²) in [5.74, 6) is 1.72. The van der Waals surface area contributed by atoms with Gasteiger partial charge in [0.15, 0.2) is 0 Å². The summed E-state index contributed by atoms with van der Waals surface area (Å²) < 4.78 is 5.20. The Bertz CT molecular complexity index is 594. The maximum Gasteiger partial charge on any atom is 0.230 e. The fraction of sp³-hybridized carbons (Fsp3) is 0.706.